The zero-order chi connectivity index (χ0) is 13.0. The number of aromatic nitrogens is 1. The van der Waals surface area contributed by atoms with Gasteiger partial charge in [0.1, 0.15) is 0 Å². The Morgan fingerprint density at radius 2 is 2.00 bits per heavy atom. The summed E-state index contributed by atoms with van der Waals surface area (Å²) in [7, 11) is 0. The Bertz CT molecular complexity index is 574. The quantitative estimate of drug-likeness (QED) is 0.449. The molecule has 0 aliphatic carbocycles. The van der Waals surface area contributed by atoms with Crippen molar-refractivity contribution in [1.29, 1.82) is 0 Å². The maximum atomic E-state index is 12.1. The number of amides is 1. The summed E-state index contributed by atoms with van der Waals surface area (Å²) in [6.07, 6.45) is 3.04. The number of benzene rings is 1. The van der Waals surface area contributed by atoms with Crippen molar-refractivity contribution < 1.29 is 4.79 Å². The van der Waals surface area contributed by atoms with Gasteiger partial charge in [0.05, 0.1) is 16.9 Å². The van der Waals surface area contributed by atoms with Crippen LogP contribution in [-0.4, -0.2) is 10.9 Å². The number of pyridine rings is 1. The van der Waals surface area contributed by atoms with Crippen LogP contribution in [0.5, 0.6) is 0 Å². The second kappa shape index (κ2) is 5.78. The number of hydrazine groups is 1. The number of para-hydroxylation sites is 1. The van der Waals surface area contributed by atoms with E-state index in [-0.39, 0.29) is 5.91 Å². The second-order valence-electron chi connectivity index (χ2n) is 3.50. The minimum absolute atomic E-state index is 0.250. The predicted molar refractivity (Wildman–Crippen MR) is 79.2 cm³/mol. The van der Waals surface area contributed by atoms with Gasteiger partial charge in [0.15, 0.2) is 0 Å². The lowest BCUT2D eigenvalue weighted by atomic mass is 10.2. The third-order valence-electron chi connectivity index (χ3n) is 2.34. The van der Waals surface area contributed by atoms with Crippen LogP contribution in [0.4, 0.5) is 11.4 Å². The van der Waals surface area contributed by atoms with Crippen LogP contribution in [0.2, 0.25) is 0 Å². The Morgan fingerprint density at radius 1 is 1.22 bits per heavy atom. The van der Waals surface area contributed by atoms with Gasteiger partial charge in [-0.1, -0.05) is 12.1 Å². The Morgan fingerprint density at radius 3 is 2.72 bits per heavy atom. The van der Waals surface area contributed by atoms with E-state index in [4.69, 9.17) is 5.84 Å². The number of halogens is 1. The van der Waals surface area contributed by atoms with Gasteiger partial charge in [0.2, 0.25) is 0 Å². The normalized spacial score (nSPS) is 9.89. The number of rotatable bonds is 3. The summed E-state index contributed by atoms with van der Waals surface area (Å²) in [5, 5.41) is 2.82. The lowest BCUT2D eigenvalue weighted by Crippen LogP contribution is -2.17. The van der Waals surface area contributed by atoms with Gasteiger partial charge in [-0.15, -0.1) is 0 Å². The van der Waals surface area contributed by atoms with Gasteiger partial charge < -0.3 is 10.7 Å². The van der Waals surface area contributed by atoms with Crippen molar-refractivity contribution in [1.82, 2.24) is 4.98 Å². The average molecular weight is 354 g/mol. The fraction of sp³-hybridized carbons (Fsp3) is 0. The molecule has 0 saturated carbocycles. The molecule has 0 atom stereocenters. The van der Waals surface area contributed by atoms with Gasteiger partial charge >= 0.3 is 0 Å². The van der Waals surface area contributed by atoms with Crippen LogP contribution < -0.4 is 16.6 Å². The lowest BCUT2D eigenvalue weighted by Gasteiger charge is -2.10. The van der Waals surface area contributed by atoms with E-state index in [0.29, 0.717) is 11.3 Å². The molecule has 5 nitrogen and oxygen atoms in total. The molecule has 1 aromatic heterocycles. The molecule has 0 bridgehead atoms. The van der Waals surface area contributed by atoms with Crippen LogP contribution in [0.3, 0.4) is 0 Å². The van der Waals surface area contributed by atoms with E-state index in [9.17, 15) is 4.79 Å². The Labute approximate surface area is 118 Å². The molecule has 1 heterocycles. The van der Waals surface area contributed by atoms with E-state index in [0.717, 1.165) is 9.26 Å². The first-order valence-corrected chi connectivity index (χ1v) is 6.26. The zero-order valence-corrected chi connectivity index (χ0v) is 11.5. The first kappa shape index (κ1) is 12.8. The number of hydrogen-bond donors (Lipinski definition) is 3. The summed E-state index contributed by atoms with van der Waals surface area (Å²) in [5.74, 6) is 5.10. The number of carbonyl (C=O) groups is 1. The molecule has 92 valence electrons. The standard InChI is InChI=1S/C12H11IN4O/c13-9-3-1-2-4-11(9)16-12(18)8-7-15-6-5-10(8)17-14/h1-7H,14H2,(H,15,17)(H,16,18). The topological polar surface area (TPSA) is 80.0 Å². The summed E-state index contributed by atoms with van der Waals surface area (Å²) in [6, 6.07) is 9.18. The molecule has 6 heteroatoms. The second-order valence-corrected chi connectivity index (χ2v) is 4.66. The van der Waals surface area contributed by atoms with Gasteiger partial charge in [-0.2, -0.15) is 0 Å². The molecule has 18 heavy (non-hydrogen) atoms. The van der Waals surface area contributed by atoms with Gasteiger partial charge in [0, 0.05) is 16.0 Å². The molecule has 1 aromatic carbocycles. The number of nitrogens with zero attached hydrogens (tertiary/aromatic N) is 1. The summed E-state index contributed by atoms with van der Waals surface area (Å²) >= 11 is 2.16. The number of nitrogens with one attached hydrogen (secondary N) is 2. The number of anilines is 2. The van der Waals surface area contributed by atoms with Crippen molar-refractivity contribution >= 4 is 39.9 Å². The third-order valence-corrected chi connectivity index (χ3v) is 3.28. The summed E-state index contributed by atoms with van der Waals surface area (Å²) in [6.45, 7) is 0. The SMILES string of the molecule is NNc1ccncc1C(=O)Nc1ccccc1I. The molecular weight excluding hydrogens is 343 g/mol. The van der Waals surface area contributed by atoms with Crippen molar-refractivity contribution in [2.75, 3.05) is 10.7 Å². The fourth-order valence-electron chi connectivity index (χ4n) is 1.45. The molecule has 0 aliphatic heterocycles. The minimum atomic E-state index is -0.250. The minimum Gasteiger partial charge on any atom is -0.323 e. The van der Waals surface area contributed by atoms with Crippen LogP contribution in [0.25, 0.3) is 0 Å². The first-order chi connectivity index (χ1) is 8.72. The number of hydrogen-bond acceptors (Lipinski definition) is 4. The van der Waals surface area contributed by atoms with Crippen LogP contribution in [0, 0.1) is 3.57 Å². The molecule has 2 rings (SSSR count). The highest BCUT2D eigenvalue weighted by Crippen LogP contribution is 2.19. The molecule has 0 fully saturated rings. The molecule has 4 N–H and O–H groups in total. The number of nitrogens with two attached hydrogens (primary N) is 1. The zero-order valence-electron chi connectivity index (χ0n) is 9.35. The van der Waals surface area contributed by atoms with Crippen molar-refractivity contribution in [3.8, 4) is 0 Å². The molecule has 0 aliphatic rings. The summed E-state index contributed by atoms with van der Waals surface area (Å²) in [5.41, 5.74) is 4.17. The number of carbonyl (C=O) groups excluding carboxylic acids is 1. The van der Waals surface area contributed by atoms with Gasteiger partial charge in [-0.3, -0.25) is 15.6 Å². The predicted octanol–water partition coefficient (Wildman–Crippen LogP) is 2.22. The van der Waals surface area contributed by atoms with Crippen LogP contribution >= 0.6 is 22.6 Å². The highest BCUT2D eigenvalue weighted by Gasteiger charge is 2.12. The largest absolute Gasteiger partial charge is 0.323 e. The van der Waals surface area contributed by atoms with Gasteiger partial charge in [-0.25, -0.2) is 0 Å². The Kier molecular flexibility index (Phi) is 4.11. The molecule has 0 radical (unpaired) electrons. The van der Waals surface area contributed by atoms with Crippen molar-refractivity contribution in [3.63, 3.8) is 0 Å². The van der Waals surface area contributed by atoms with Gasteiger partial charge in [-0.05, 0) is 40.8 Å². The summed E-state index contributed by atoms with van der Waals surface area (Å²) in [4.78, 5) is 16.0. The van der Waals surface area contributed by atoms with Crippen LogP contribution in [0.15, 0.2) is 42.7 Å². The van der Waals surface area contributed by atoms with Crippen LogP contribution in [-0.2, 0) is 0 Å². The maximum Gasteiger partial charge on any atom is 0.259 e. The van der Waals surface area contributed by atoms with Crippen molar-refractivity contribution in [3.05, 3.63) is 51.9 Å². The Hall–Kier alpha value is -1.67. The Balaban J connectivity index is 2.25. The molecule has 1 amide bonds. The molecule has 0 saturated heterocycles. The van der Waals surface area contributed by atoms with E-state index in [1.807, 2.05) is 24.3 Å². The fourth-order valence-corrected chi connectivity index (χ4v) is 1.98. The van der Waals surface area contributed by atoms with Gasteiger partial charge in [0.25, 0.3) is 5.91 Å². The van der Waals surface area contributed by atoms with E-state index in [1.165, 1.54) is 6.20 Å². The van der Waals surface area contributed by atoms with Crippen molar-refractivity contribution in [2.24, 2.45) is 5.84 Å². The maximum absolute atomic E-state index is 12.1. The van der Waals surface area contributed by atoms with E-state index in [2.05, 4.69) is 38.3 Å². The summed E-state index contributed by atoms with van der Waals surface area (Å²) < 4.78 is 0.967. The van der Waals surface area contributed by atoms with E-state index >= 15 is 0 Å². The highest BCUT2D eigenvalue weighted by molar-refractivity contribution is 14.1. The lowest BCUT2D eigenvalue weighted by molar-refractivity contribution is 0.102. The highest BCUT2D eigenvalue weighted by atomic mass is 127. The number of nitrogen functional groups attached to an aromatic ring is 1. The first-order valence-electron chi connectivity index (χ1n) is 5.19. The van der Waals surface area contributed by atoms with E-state index < -0.39 is 0 Å². The van der Waals surface area contributed by atoms with Crippen LogP contribution in [0.1, 0.15) is 10.4 Å². The van der Waals surface area contributed by atoms with Crippen molar-refractivity contribution in [2.45, 2.75) is 0 Å². The van der Waals surface area contributed by atoms with E-state index in [1.54, 1.807) is 12.3 Å². The smallest absolute Gasteiger partial charge is 0.259 e. The molecule has 0 unspecified atom stereocenters. The molecule has 0 spiro atoms. The third kappa shape index (κ3) is 2.77. The monoisotopic (exact) mass is 354 g/mol. The molecular formula is C12H11IN4O. The average Bonchev–Trinajstić information content (AvgIpc) is 2.41. The molecule has 2 aromatic rings.